The summed E-state index contributed by atoms with van der Waals surface area (Å²) in [4.78, 5) is 11.3. The van der Waals surface area contributed by atoms with E-state index in [2.05, 4.69) is 26.3 Å². The van der Waals surface area contributed by atoms with Gasteiger partial charge in [-0.1, -0.05) is 12.1 Å². The van der Waals surface area contributed by atoms with Crippen LogP contribution in [0.15, 0.2) is 30.6 Å². The van der Waals surface area contributed by atoms with Crippen molar-refractivity contribution < 1.29 is 4.74 Å². The van der Waals surface area contributed by atoms with Crippen molar-refractivity contribution in [3.63, 3.8) is 0 Å². The third-order valence-electron chi connectivity index (χ3n) is 4.05. The number of fused-ring (bicyclic) bond motifs is 2. The first-order valence-corrected chi connectivity index (χ1v) is 7.46. The molecule has 0 aliphatic carbocycles. The number of nitrogens with one attached hydrogen (secondary N) is 1. The van der Waals surface area contributed by atoms with E-state index in [1.807, 2.05) is 18.2 Å². The molecule has 5 nitrogen and oxygen atoms in total. The number of hydrogen-bond acceptors (Lipinski definition) is 5. The van der Waals surface area contributed by atoms with Gasteiger partial charge in [-0.3, -0.25) is 0 Å². The largest absolute Gasteiger partial charge is 0.491 e. The first-order chi connectivity index (χ1) is 10.4. The fourth-order valence-corrected chi connectivity index (χ4v) is 3.03. The second-order valence-corrected chi connectivity index (χ2v) is 5.37. The van der Waals surface area contributed by atoms with Crippen LogP contribution in [0.2, 0.25) is 0 Å². The van der Waals surface area contributed by atoms with E-state index in [1.165, 1.54) is 11.3 Å². The van der Waals surface area contributed by atoms with Gasteiger partial charge < -0.3 is 15.0 Å². The van der Waals surface area contributed by atoms with E-state index >= 15 is 0 Å². The van der Waals surface area contributed by atoms with Crippen molar-refractivity contribution in [1.29, 1.82) is 0 Å². The smallest absolute Gasteiger partial charge is 0.142 e. The Bertz CT molecular complexity index is 658. The molecule has 5 heteroatoms. The number of hydrogen-bond donors (Lipinski definition) is 1. The lowest BCUT2D eigenvalue weighted by atomic mass is 10.1. The van der Waals surface area contributed by atoms with Crippen molar-refractivity contribution in [3.05, 3.63) is 41.9 Å². The molecule has 1 aromatic heterocycles. The van der Waals surface area contributed by atoms with Crippen LogP contribution in [0.4, 0.5) is 11.5 Å². The molecule has 3 heterocycles. The minimum Gasteiger partial charge on any atom is -0.491 e. The van der Waals surface area contributed by atoms with E-state index in [1.54, 1.807) is 6.33 Å². The van der Waals surface area contributed by atoms with Crippen LogP contribution in [-0.2, 0) is 13.0 Å². The molecule has 2 aliphatic rings. The SMILES string of the molecule is c1ccc2c(c1)OCCCN2c1ncnc2c1CNCC2. The molecular formula is C16H18N4O. The number of rotatable bonds is 1. The first-order valence-electron chi connectivity index (χ1n) is 7.46. The zero-order valence-electron chi connectivity index (χ0n) is 11.9. The van der Waals surface area contributed by atoms with Crippen molar-refractivity contribution in [2.75, 3.05) is 24.6 Å². The summed E-state index contributed by atoms with van der Waals surface area (Å²) in [6, 6.07) is 8.19. The highest BCUT2D eigenvalue weighted by Gasteiger charge is 2.23. The van der Waals surface area contributed by atoms with E-state index in [9.17, 15) is 0 Å². The van der Waals surface area contributed by atoms with Gasteiger partial charge in [-0.15, -0.1) is 0 Å². The predicted molar refractivity (Wildman–Crippen MR) is 81.0 cm³/mol. The molecule has 108 valence electrons. The zero-order chi connectivity index (χ0) is 14.1. The second kappa shape index (κ2) is 5.33. The molecule has 0 amide bonds. The van der Waals surface area contributed by atoms with Crippen LogP contribution in [-0.4, -0.2) is 29.7 Å². The molecule has 0 bridgehead atoms. The Labute approximate surface area is 124 Å². The number of ether oxygens (including phenoxy) is 1. The lowest BCUT2D eigenvalue weighted by Gasteiger charge is -2.27. The topological polar surface area (TPSA) is 50.3 Å². The lowest BCUT2D eigenvalue weighted by Crippen LogP contribution is -2.29. The number of anilines is 2. The molecule has 2 aromatic rings. The van der Waals surface area contributed by atoms with Gasteiger partial charge in [-0.25, -0.2) is 9.97 Å². The first kappa shape index (κ1) is 12.6. The fraction of sp³-hybridized carbons (Fsp3) is 0.375. The quantitative estimate of drug-likeness (QED) is 0.867. The van der Waals surface area contributed by atoms with Gasteiger partial charge in [-0.05, 0) is 18.6 Å². The van der Waals surface area contributed by atoms with Gasteiger partial charge >= 0.3 is 0 Å². The van der Waals surface area contributed by atoms with Gasteiger partial charge in [0.1, 0.15) is 17.9 Å². The highest BCUT2D eigenvalue weighted by atomic mass is 16.5. The number of para-hydroxylation sites is 2. The minimum atomic E-state index is 0.749. The Kier molecular flexibility index (Phi) is 3.20. The van der Waals surface area contributed by atoms with Crippen LogP contribution in [0.3, 0.4) is 0 Å². The number of aromatic nitrogens is 2. The van der Waals surface area contributed by atoms with Crippen LogP contribution in [0.1, 0.15) is 17.7 Å². The Hall–Kier alpha value is -2.14. The molecule has 2 aliphatic heterocycles. The van der Waals surface area contributed by atoms with Gasteiger partial charge in [0.25, 0.3) is 0 Å². The Morgan fingerprint density at radius 2 is 2.14 bits per heavy atom. The summed E-state index contributed by atoms with van der Waals surface area (Å²) >= 11 is 0. The van der Waals surface area contributed by atoms with E-state index in [0.717, 1.165) is 56.3 Å². The maximum absolute atomic E-state index is 5.84. The summed E-state index contributed by atoms with van der Waals surface area (Å²) in [6.45, 7) is 3.49. The maximum Gasteiger partial charge on any atom is 0.142 e. The molecule has 0 saturated heterocycles. The Morgan fingerprint density at radius 1 is 1.19 bits per heavy atom. The normalized spacial score (nSPS) is 17.4. The molecule has 0 spiro atoms. The average molecular weight is 282 g/mol. The highest BCUT2D eigenvalue weighted by molar-refractivity contribution is 5.69. The van der Waals surface area contributed by atoms with Gasteiger partial charge in [0.2, 0.25) is 0 Å². The van der Waals surface area contributed by atoms with Crippen molar-refractivity contribution in [1.82, 2.24) is 15.3 Å². The van der Waals surface area contributed by atoms with Gasteiger partial charge in [0.05, 0.1) is 18.0 Å². The van der Waals surface area contributed by atoms with Gasteiger partial charge in [0.15, 0.2) is 0 Å². The molecular weight excluding hydrogens is 264 g/mol. The number of benzene rings is 1. The average Bonchev–Trinajstić information content (AvgIpc) is 2.77. The molecule has 1 N–H and O–H groups in total. The van der Waals surface area contributed by atoms with Crippen LogP contribution >= 0.6 is 0 Å². The zero-order valence-corrected chi connectivity index (χ0v) is 11.9. The summed E-state index contributed by atoms with van der Waals surface area (Å²) in [5, 5.41) is 3.42. The monoisotopic (exact) mass is 282 g/mol. The van der Waals surface area contributed by atoms with Crippen LogP contribution in [0.25, 0.3) is 0 Å². The van der Waals surface area contributed by atoms with E-state index in [0.29, 0.717) is 0 Å². The summed E-state index contributed by atoms with van der Waals surface area (Å²) in [5.41, 5.74) is 3.49. The second-order valence-electron chi connectivity index (χ2n) is 5.37. The molecule has 0 atom stereocenters. The third kappa shape index (κ3) is 2.23. The van der Waals surface area contributed by atoms with E-state index in [-0.39, 0.29) is 0 Å². The molecule has 4 rings (SSSR count). The van der Waals surface area contributed by atoms with E-state index < -0.39 is 0 Å². The summed E-state index contributed by atoms with van der Waals surface area (Å²) < 4.78 is 5.84. The molecule has 0 fully saturated rings. The van der Waals surface area contributed by atoms with Crippen molar-refractivity contribution in [3.8, 4) is 5.75 Å². The lowest BCUT2D eigenvalue weighted by molar-refractivity contribution is 0.322. The van der Waals surface area contributed by atoms with Crippen LogP contribution < -0.4 is 15.0 Å². The maximum atomic E-state index is 5.84. The highest BCUT2D eigenvalue weighted by Crippen LogP contribution is 2.37. The van der Waals surface area contributed by atoms with Crippen LogP contribution in [0.5, 0.6) is 5.75 Å². The summed E-state index contributed by atoms with van der Waals surface area (Å²) in [5.74, 6) is 1.95. The van der Waals surface area contributed by atoms with Crippen molar-refractivity contribution >= 4 is 11.5 Å². The summed E-state index contributed by atoms with van der Waals surface area (Å²) in [6.07, 6.45) is 3.64. The van der Waals surface area contributed by atoms with Gasteiger partial charge in [-0.2, -0.15) is 0 Å². The van der Waals surface area contributed by atoms with Gasteiger partial charge in [0, 0.05) is 31.6 Å². The Balaban J connectivity index is 1.83. The standard InChI is InChI=1S/C16H18N4O/c1-2-5-15-14(4-1)20(8-3-9-21-15)16-12-10-17-7-6-13(12)18-11-19-16/h1-2,4-5,11,17H,3,6-10H2. The molecule has 0 radical (unpaired) electrons. The van der Waals surface area contributed by atoms with Crippen molar-refractivity contribution in [2.45, 2.75) is 19.4 Å². The molecule has 0 saturated carbocycles. The summed E-state index contributed by atoms with van der Waals surface area (Å²) in [7, 11) is 0. The van der Waals surface area contributed by atoms with Crippen LogP contribution in [0, 0.1) is 0 Å². The molecule has 21 heavy (non-hydrogen) atoms. The molecule has 1 aromatic carbocycles. The predicted octanol–water partition coefficient (Wildman–Crippen LogP) is 2.04. The third-order valence-corrected chi connectivity index (χ3v) is 4.05. The number of nitrogens with zero attached hydrogens (tertiary/aromatic N) is 3. The van der Waals surface area contributed by atoms with E-state index in [4.69, 9.17) is 4.74 Å². The van der Waals surface area contributed by atoms with Crippen molar-refractivity contribution in [2.24, 2.45) is 0 Å². The Morgan fingerprint density at radius 3 is 3.14 bits per heavy atom. The minimum absolute atomic E-state index is 0.749. The molecule has 0 unspecified atom stereocenters. The fourth-order valence-electron chi connectivity index (χ4n) is 3.03.